The zero-order chi connectivity index (χ0) is 10.6. The van der Waals surface area contributed by atoms with E-state index in [2.05, 4.69) is 23.3 Å². The van der Waals surface area contributed by atoms with Crippen molar-refractivity contribution >= 4 is 0 Å². The standard InChI is InChI=1S/C12H14N2/c1-5-7-9-12-11(8-6-2)10(3)13-14(12)4/h2,7H,1,8-9H2,3-4H3. The molecule has 0 saturated heterocycles. The highest BCUT2D eigenvalue weighted by Gasteiger charge is 2.10. The van der Waals surface area contributed by atoms with E-state index in [-0.39, 0.29) is 0 Å². The van der Waals surface area contributed by atoms with Gasteiger partial charge in [0.15, 0.2) is 0 Å². The summed E-state index contributed by atoms with van der Waals surface area (Å²) in [7, 11) is 1.93. The minimum absolute atomic E-state index is 0.639. The van der Waals surface area contributed by atoms with Gasteiger partial charge in [0.2, 0.25) is 0 Å². The van der Waals surface area contributed by atoms with Crippen LogP contribution in [0.15, 0.2) is 18.4 Å². The molecule has 0 atom stereocenters. The Morgan fingerprint density at radius 2 is 2.36 bits per heavy atom. The van der Waals surface area contributed by atoms with E-state index in [0.29, 0.717) is 6.42 Å². The van der Waals surface area contributed by atoms with Crippen LogP contribution in [0.25, 0.3) is 0 Å². The molecule has 0 aliphatic carbocycles. The van der Waals surface area contributed by atoms with Gasteiger partial charge in [0.1, 0.15) is 0 Å². The zero-order valence-corrected chi connectivity index (χ0v) is 8.67. The Morgan fingerprint density at radius 3 is 2.93 bits per heavy atom. The van der Waals surface area contributed by atoms with Gasteiger partial charge in [-0.3, -0.25) is 4.68 Å². The number of hydrogen-bond acceptors (Lipinski definition) is 1. The summed E-state index contributed by atoms with van der Waals surface area (Å²) in [6, 6.07) is 0. The number of aromatic nitrogens is 2. The number of aryl methyl sites for hydroxylation is 2. The van der Waals surface area contributed by atoms with Crippen molar-refractivity contribution in [3.05, 3.63) is 35.3 Å². The maximum atomic E-state index is 5.31. The highest BCUT2D eigenvalue weighted by Crippen LogP contribution is 2.14. The molecule has 2 nitrogen and oxygen atoms in total. The first-order valence-electron chi connectivity index (χ1n) is 4.49. The third-order valence-corrected chi connectivity index (χ3v) is 2.19. The molecule has 1 aromatic rings. The van der Waals surface area contributed by atoms with E-state index in [4.69, 9.17) is 6.42 Å². The van der Waals surface area contributed by atoms with Crippen molar-refractivity contribution in [2.75, 3.05) is 0 Å². The third-order valence-electron chi connectivity index (χ3n) is 2.19. The van der Waals surface area contributed by atoms with Crippen LogP contribution in [-0.2, 0) is 19.9 Å². The molecule has 2 heteroatoms. The summed E-state index contributed by atoms with van der Waals surface area (Å²) >= 11 is 0. The summed E-state index contributed by atoms with van der Waals surface area (Å²) in [5.41, 5.74) is 6.07. The highest BCUT2D eigenvalue weighted by atomic mass is 15.3. The lowest BCUT2D eigenvalue weighted by molar-refractivity contribution is 0.718. The Balaban J connectivity index is 3.11. The lowest BCUT2D eigenvalue weighted by Gasteiger charge is -1.99. The molecule has 0 radical (unpaired) electrons. The van der Waals surface area contributed by atoms with Crippen LogP contribution in [0.3, 0.4) is 0 Å². The van der Waals surface area contributed by atoms with E-state index in [1.165, 1.54) is 0 Å². The maximum Gasteiger partial charge on any atom is 0.0638 e. The van der Waals surface area contributed by atoms with Gasteiger partial charge in [0.25, 0.3) is 0 Å². The first-order valence-corrected chi connectivity index (χ1v) is 4.49. The number of allylic oxidation sites excluding steroid dienone is 1. The van der Waals surface area contributed by atoms with Crippen molar-refractivity contribution in [1.82, 2.24) is 9.78 Å². The number of terminal acetylenes is 1. The average molecular weight is 186 g/mol. The molecule has 1 heterocycles. The molecule has 0 N–H and O–H groups in total. The first kappa shape index (κ1) is 10.4. The van der Waals surface area contributed by atoms with Gasteiger partial charge in [-0.05, 0) is 13.0 Å². The molecule has 0 bridgehead atoms. The molecule has 0 fully saturated rings. The molecule has 14 heavy (non-hydrogen) atoms. The van der Waals surface area contributed by atoms with Crippen molar-refractivity contribution in [2.45, 2.75) is 19.8 Å². The van der Waals surface area contributed by atoms with Crippen LogP contribution < -0.4 is 0 Å². The van der Waals surface area contributed by atoms with Gasteiger partial charge in [0, 0.05) is 31.1 Å². The zero-order valence-electron chi connectivity index (χ0n) is 8.67. The summed E-state index contributed by atoms with van der Waals surface area (Å²) in [5, 5.41) is 4.34. The normalized spacial score (nSPS) is 9.21. The van der Waals surface area contributed by atoms with Crippen molar-refractivity contribution in [1.29, 1.82) is 0 Å². The Morgan fingerprint density at radius 1 is 1.64 bits per heavy atom. The number of nitrogens with zero attached hydrogens (tertiary/aromatic N) is 2. The molecule has 1 rings (SSSR count). The molecule has 0 aliphatic rings. The number of rotatable bonds is 3. The van der Waals surface area contributed by atoms with Crippen LogP contribution in [-0.4, -0.2) is 9.78 Å². The second-order valence-corrected chi connectivity index (χ2v) is 3.13. The van der Waals surface area contributed by atoms with Gasteiger partial charge in [0.05, 0.1) is 5.69 Å². The predicted octanol–water partition coefficient (Wildman–Crippen LogP) is 1.79. The molecule has 1 aromatic heterocycles. The van der Waals surface area contributed by atoms with Gasteiger partial charge in [-0.1, -0.05) is 6.58 Å². The van der Waals surface area contributed by atoms with Crippen LogP contribution in [0.5, 0.6) is 0 Å². The summed E-state index contributed by atoms with van der Waals surface area (Å²) < 4.78 is 1.87. The second kappa shape index (κ2) is 4.50. The van der Waals surface area contributed by atoms with Crippen LogP contribution in [0.1, 0.15) is 17.0 Å². The smallest absolute Gasteiger partial charge is 0.0638 e. The molecule has 0 aliphatic heterocycles. The SMILES string of the molecule is C#CCc1c(C)nn(C)c1CC=C=C. The molecule has 0 spiro atoms. The Hall–Kier alpha value is -1.71. The molecular weight excluding hydrogens is 172 g/mol. The fourth-order valence-electron chi connectivity index (χ4n) is 1.51. The van der Waals surface area contributed by atoms with Crippen molar-refractivity contribution in [2.24, 2.45) is 7.05 Å². The maximum absolute atomic E-state index is 5.31. The monoisotopic (exact) mass is 186 g/mol. The first-order chi connectivity index (χ1) is 6.70. The Labute approximate surface area is 84.9 Å². The topological polar surface area (TPSA) is 17.8 Å². The molecule has 0 amide bonds. The third kappa shape index (κ3) is 1.96. The van der Waals surface area contributed by atoms with E-state index in [0.717, 1.165) is 23.4 Å². The lowest BCUT2D eigenvalue weighted by Crippen LogP contribution is -1.98. The van der Waals surface area contributed by atoms with E-state index in [1.54, 1.807) is 0 Å². The van der Waals surface area contributed by atoms with Crippen LogP contribution >= 0.6 is 0 Å². The number of hydrogen-bond donors (Lipinski definition) is 0. The van der Waals surface area contributed by atoms with Crippen LogP contribution in [0.2, 0.25) is 0 Å². The van der Waals surface area contributed by atoms with Gasteiger partial charge in [-0.15, -0.1) is 18.1 Å². The highest BCUT2D eigenvalue weighted by molar-refractivity contribution is 5.30. The minimum atomic E-state index is 0.639. The average Bonchev–Trinajstić information content (AvgIpc) is 2.40. The van der Waals surface area contributed by atoms with E-state index in [1.807, 2.05) is 24.7 Å². The van der Waals surface area contributed by atoms with Crippen molar-refractivity contribution in [3.63, 3.8) is 0 Å². The predicted molar refractivity (Wildman–Crippen MR) is 57.9 cm³/mol. The van der Waals surface area contributed by atoms with Crippen LogP contribution in [0, 0.1) is 19.3 Å². The summed E-state index contributed by atoms with van der Waals surface area (Å²) in [6.45, 7) is 5.52. The fraction of sp³-hybridized carbons (Fsp3) is 0.333. The molecule has 0 saturated carbocycles. The summed E-state index contributed by atoms with van der Waals surface area (Å²) in [5.74, 6) is 2.65. The van der Waals surface area contributed by atoms with E-state index < -0.39 is 0 Å². The lowest BCUT2D eigenvalue weighted by atomic mass is 10.1. The molecular formula is C12H14N2. The summed E-state index contributed by atoms with van der Waals surface area (Å²) in [4.78, 5) is 0. The minimum Gasteiger partial charge on any atom is -0.272 e. The molecule has 72 valence electrons. The van der Waals surface area contributed by atoms with Gasteiger partial charge < -0.3 is 0 Å². The quantitative estimate of drug-likeness (QED) is 0.520. The van der Waals surface area contributed by atoms with Gasteiger partial charge >= 0.3 is 0 Å². The van der Waals surface area contributed by atoms with Crippen molar-refractivity contribution < 1.29 is 0 Å². The van der Waals surface area contributed by atoms with E-state index in [9.17, 15) is 0 Å². The largest absolute Gasteiger partial charge is 0.272 e. The Kier molecular flexibility index (Phi) is 3.34. The van der Waals surface area contributed by atoms with Gasteiger partial charge in [-0.25, -0.2) is 0 Å². The van der Waals surface area contributed by atoms with Gasteiger partial charge in [-0.2, -0.15) is 5.10 Å². The second-order valence-electron chi connectivity index (χ2n) is 3.13. The summed E-state index contributed by atoms with van der Waals surface area (Å²) in [6.07, 6.45) is 8.62. The molecule has 0 unspecified atom stereocenters. The van der Waals surface area contributed by atoms with Crippen LogP contribution in [0.4, 0.5) is 0 Å². The Bertz CT molecular complexity index is 412. The fourth-order valence-corrected chi connectivity index (χ4v) is 1.51. The van der Waals surface area contributed by atoms with E-state index >= 15 is 0 Å². The van der Waals surface area contributed by atoms with Crippen molar-refractivity contribution in [3.8, 4) is 12.3 Å². The molecule has 0 aromatic carbocycles.